The van der Waals surface area contributed by atoms with Crippen LogP contribution in [0.4, 0.5) is 0 Å². The van der Waals surface area contributed by atoms with Gasteiger partial charge < -0.3 is 9.84 Å². The lowest BCUT2D eigenvalue weighted by atomic mass is 9.96. The van der Waals surface area contributed by atoms with Crippen molar-refractivity contribution in [1.82, 2.24) is 0 Å². The molecule has 0 aliphatic rings. The Morgan fingerprint density at radius 1 is 1.39 bits per heavy atom. The molecule has 0 fully saturated rings. The van der Waals surface area contributed by atoms with Gasteiger partial charge in [0.1, 0.15) is 5.75 Å². The van der Waals surface area contributed by atoms with Crippen LogP contribution in [0.5, 0.6) is 5.75 Å². The summed E-state index contributed by atoms with van der Waals surface area (Å²) >= 11 is 0. The highest BCUT2D eigenvalue weighted by atomic mass is 16.5. The van der Waals surface area contributed by atoms with Gasteiger partial charge in [-0.05, 0) is 31.0 Å². The molecule has 1 aromatic rings. The van der Waals surface area contributed by atoms with E-state index in [1.165, 1.54) is 0 Å². The molecule has 1 N–H and O–H groups in total. The van der Waals surface area contributed by atoms with E-state index in [0.717, 1.165) is 17.7 Å². The SMILES string of the molecule is CC#C[C@H](CC(=O)O)c1ccc(OCCC)cc1. The second-order valence-corrected chi connectivity index (χ2v) is 3.96. The largest absolute Gasteiger partial charge is 0.494 e. The van der Waals surface area contributed by atoms with Crippen LogP contribution in [0.1, 0.15) is 38.2 Å². The Morgan fingerprint density at radius 2 is 2.06 bits per heavy atom. The van der Waals surface area contributed by atoms with E-state index in [2.05, 4.69) is 11.8 Å². The predicted octanol–water partition coefficient (Wildman–Crippen LogP) is 3.06. The standard InChI is InChI=1S/C15H18O3/c1-3-5-13(11-15(16)17)12-6-8-14(9-7-12)18-10-4-2/h6-9,13H,4,10-11H2,1-2H3,(H,16,17)/t13-/m1/s1. The summed E-state index contributed by atoms with van der Waals surface area (Å²) < 4.78 is 5.48. The second kappa shape index (κ2) is 7.39. The molecule has 3 heteroatoms. The third kappa shape index (κ3) is 4.50. The van der Waals surface area contributed by atoms with Crippen molar-refractivity contribution in [2.75, 3.05) is 6.61 Å². The molecular formula is C15H18O3. The van der Waals surface area contributed by atoms with Gasteiger partial charge in [-0.1, -0.05) is 25.0 Å². The van der Waals surface area contributed by atoms with Crippen molar-refractivity contribution >= 4 is 5.97 Å². The van der Waals surface area contributed by atoms with E-state index in [0.29, 0.717) is 6.61 Å². The Balaban J connectivity index is 2.78. The van der Waals surface area contributed by atoms with Gasteiger partial charge in [0.05, 0.1) is 18.9 Å². The number of aliphatic carboxylic acids is 1. The average Bonchev–Trinajstić information content (AvgIpc) is 2.36. The van der Waals surface area contributed by atoms with Gasteiger partial charge in [-0.25, -0.2) is 0 Å². The minimum absolute atomic E-state index is 0.0238. The number of ether oxygens (including phenoxy) is 1. The number of carboxylic acid groups (broad SMARTS) is 1. The number of hydrogen-bond acceptors (Lipinski definition) is 2. The quantitative estimate of drug-likeness (QED) is 0.785. The van der Waals surface area contributed by atoms with Gasteiger partial charge in [0.2, 0.25) is 0 Å². The van der Waals surface area contributed by atoms with Gasteiger partial charge in [0.25, 0.3) is 0 Å². The lowest BCUT2D eigenvalue weighted by molar-refractivity contribution is -0.137. The predicted molar refractivity (Wildman–Crippen MR) is 70.7 cm³/mol. The average molecular weight is 246 g/mol. The van der Waals surface area contributed by atoms with Crippen LogP contribution < -0.4 is 4.74 Å². The van der Waals surface area contributed by atoms with Crippen LogP contribution in [0, 0.1) is 11.8 Å². The molecule has 1 aromatic carbocycles. The monoisotopic (exact) mass is 246 g/mol. The van der Waals surface area contributed by atoms with Gasteiger partial charge in [0.15, 0.2) is 0 Å². The Morgan fingerprint density at radius 3 is 2.56 bits per heavy atom. The maximum Gasteiger partial charge on any atom is 0.304 e. The second-order valence-electron chi connectivity index (χ2n) is 3.96. The topological polar surface area (TPSA) is 46.5 Å². The molecule has 0 unspecified atom stereocenters. The van der Waals surface area contributed by atoms with E-state index in [9.17, 15) is 4.79 Å². The number of carbonyl (C=O) groups is 1. The highest BCUT2D eigenvalue weighted by molar-refractivity contribution is 5.69. The number of hydrogen-bond donors (Lipinski definition) is 1. The Kier molecular flexibility index (Phi) is 5.79. The van der Waals surface area contributed by atoms with Gasteiger partial charge >= 0.3 is 5.97 Å². The Hall–Kier alpha value is -1.95. The van der Waals surface area contributed by atoms with Gasteiger partial charge in [-0.15, -0.1) is 5.92 Å². The fourth-order valence-electron chi connectivity index (χ4n) is 1.62. The first-order chi connectivity index (χ1) is 8.67. The summed E-state index contributed by atoms with van der Waals surface area (Å²) in [4.78, 5) is 10.8. The molecule has 0 aliphatic heterocycles. The van der Waals surface area contributed by atoms with Crippen molar-refractivity contribution in [2.24, 2.45) is 0 Å². The lowest BCUT2D eigenvalue weighted by Gasteiger charge is -2.10. The first-order valence-electron chi connectivity index (χ1n) is 6.04. The summed E-state index contributed by atoms with van der Waals surface area (Å²) in [6, 6.07) is 7.47. The molecule has 0 aromatic heterocycles. The number of rotatable bonds is 6. The molecule has 0 saturated carbocycles. The smallest absolute Gasteiger partial charge is 0.304 e. The molecule has 96 valence electrons. The zero-order valence-corrected chi connectivity index (χ0v) is 10.8. The third-order valence-corrected chi connectivity index (χ3v) is 2.45. The van der Waals surface area contributed by atoms with Crippen LogP contribution >= 0.6 is 0 Å². The number of carboxylic acids is 1. The fourth-order valence-corrected chi connectivity index (χ4v) is 1.62. The first-order valence-corrected chi connectivity index (χ1v) is 6.04. The van der Waals surface area contributed by atoms with Crippen molar-refractivity contribution in [1.29, 1.82) is 0 Å². The van der Waals surface area contributed by atoms with E-state index >= 15 is 0 Å². The molecule has 0 radical (unpaired) electrons. The van der Waals surface area contributed by atoms with Crippen molar-refractivity contribution in [3.63, 3.8) is 0 Å². The van der Waals surface area contributed by atoms with Gasteiger partial charge in [-0.3, -0.25) is 4.79 Å². The molecule has 0 heterocycles. The molecule has 0 aliphatic carbocycles. The molecule has 0 saturated heterocycles. The third-order valence-electron chi connectivity index (χ3n) is 2.45. The molecular weight excluding hydrogens is 228 g/mol. The molecule has 1 atom stereocenters. The van der Waals surface area contributed by atoms with Crippen LogP contribution in [0.3, 0.4) is 0 Å². The van der Waals surface area contributed by atoms with Gasteiger partial charge in [0, 0.05) is 0 Å². The van der Waals surface area contributed by atoms with E-state index in [-0.39, 0.29) is 12.3 Å². The maximum atomic E-state index is 10.8. The Labute approximate surface area is 108 Å². The van der Waals surface area contributed by atoms with Crippen LogP contribution in [-0.2, 0) is 4.79 Å². The molecule has 0 bridgehead atoms. The highest BCUT2D eigenvalue weighted by Gasteiger charge is 2.12. The summed E-state index contributed by atoms with van der Waals surface area (Å²) in [5.74, 6) is 5.41. The lowest BCUT2D eigenvalue weighted by Crippen LogP contribution is -2.04. The van der Waals surface area contributed by atoms with Crippen molar-refractivity contribution in [3.8, 4) is 17.6 Å². The summed E-state index contributed by atoms with van der Waals surface area (Å²) in [5.41, 5.74) is 0.913. The van der Waals surface area contributed by atoms with Crippen LogP contribution in [0.15, 0.2) is 24.3 Å². The van der Waals surface area contributed by atoms with E-state index in [4.69, 9.17) is 9.84 Å². The highest BCUT2D eigenvalue weighted by Crippen LogP contribution is 2.22. The van der Waals surface area contributed by atoms with E-state index < -0.39 is 5.97 Å². The zero-order chi connectivity index (χ0) is 13.4. The van der Waals surface area contributed by atoms with Crippen LogP contribution in [0.2, 0.25) is 0 Å². The summed E-state index contributed by atoms with van der Waals surface area (Å²) in [6.45, 7) is 4.45. The molecule has 3 nitrogen and oxygen atoms in total. The van der Waals surface area contributed by atoms with E-state index in [1.807, 2.05) is 31.2 Å². The fraction of sp³-hybridized carbons (Fsp3) is 0.400. The minimum Gasteiger partial charge on any atom is -0.494 e. The molecule has 0 amide bonds. The van der Waals surface area contributed by atoms with Crippen molar-refractivity contribution < 1.29 is 14.6 Å². The van der Waals surface area contributed by atoms with Gasteiger partial charge in [-0.2, -0.15) is 0 Å². The van der Waals surface area contributed by atoms with Crippen LogP contribution in [0.25, 0.3) is 0 Å². The summed E-state index contributed by atoms with van der Waals surface area (Å²) in [5, 5.41) is 8.85. The normalized spacial score (nSPS) is 11.2. The number of benzene rings is 1. The summed E-state index contributed by atoms with van der Waals surface area (Å²) in [6.07, 6.45) is 0.987. The van der Waals surface area contributed by atoms with E-state index in [1.54, 1.807) is 6.92 Å². The zero-order valence-electron chi connectivity index (χ0n) is 10.8. The molecule has 0 spiro atoms. The Bertz CT molecular complexity index is 437. The van der Waals surface area contributed by atoms with Crippen molar-refractivity contribution in [3.05, 3.63) is 29.8 Å². The molecule has 18 heavy (non-hydrogen) atoms. The molecule has 1 rings (SSSR count). The van der Waals surface area contributed by atoms with Crippen LogP contribution in [-0.4, -0.2) is 17.7 Å². The van der Waals surface area contributed by atoms with Crippen molar-refractivity contribution in [2.45, 2.75) is 32.6 Å². The first kappa shape index (κ1) is 14.1. The summed E-state index contributed by atoms with van der Waals surface area (Å²) in [7, 11) is 0. The maximum absolute atomic E-state index is 10.8. The minimum atomic E-state index is -0.839.